The average molecular weight is 329 g/mol. The van der Waals surface area contributed by atoms with Crippen LogP contribution in [0.5, 0.6) is 5.75 Å². The number of guanidine groups is 1. The number of nitrogens with one attached hydrogen (secondary N) is 2. The first-order valence-corrected chi connectivity index (χ1v) is 7.90. The summed E-state index contributed by atoms with van der Waals surface area (Å²) < 4.78 is 13.4. The van der Waals surface area contributed by atoms with Crippen molar-refractivity contribution in [3.8, 4) is 5.75 Å². The van der Waals surface area contributed by atoms with Gasteiger partial charge in [-0.2, -0.15) is 0 Å². The fourth-order valence-corrected chi connectivity index (χ4v) is 2.36. The largest absolute Gasteiger partial charge is 0.505 e. The van der Waals surface area contributed by atoms with Crippen LogP contribution in [0.2, 0.25) is 0 Å². The molecule has 2 rings (SSSR count). The first-order chi connectivity index (χ1) is 11.4. The standard InChI is InChI=1S/C19H24FN3O/c1-19(2,15-7-5-4-6-8-15)13-23-18(21-3)22-12-14-9-10-17(24)16(20)11-14/h4-11,24H,12-13H2,1-3H3,(H2,21,22,23). The molecule has 0 spiro atoms. The molecule has 0 atom stereocenters. The highest BCUT2D eigenvalue weighted by atomic mass is 19.1. The van der Waals surface area contributed by atoms with Crippen molar-refractivity contribution in [1.82, 2.24) is 10.6 Å². The van der Waals surface area contributed by atoms with Gasteiger partial charge in [-0.15, -0.1) is 0 Å². The number of hydrogen-bond acceptors (Lipinski definition) is 2. The lowest BCUT2D eigenvalue weighted by atomic mass is 9.85. The summed E-state index contributed by atoms with van der Waals surface area (Å²) in [7, 11) is 1.70. The lowest BCUT2D eigenvalue weighted by molar-refractivity contribution is 0.431. The predicted octanol–water partition coefficient (Wildman–Crippen LogP) is 3.17. The summed E-state index contributed by atoms with van der Waals surface area (Å²) in [5.41, 5.74) is 1.92. The SMILES string of the molecule is CN=C(NCc1ccc(O)c(F)c1)NCC(C)(C)c1ccccc1. The van der Waals surface area contributed by atoms with Crippen molar-refractivity contribution in [3.05, 3.63) is 65.5 Å². The van der Waals surface area contributed by atoms with Gasteiger partial charge in [0, 0.05) is 25.6 Å². The number of nitrogens with zero attached hydrogens (tertiary/aromatic N) is 1. The molecule has 24 heavy (non-hydrogen) atoms. The minimum Gasteiger partial charge on any atom is -0.505 e. The summed E-state index contributed by atoms with van der Waals surface area (Å²) >= 11 is 0. The highest BCUT2D eigenvalue weighted by Gasteiger charge is 2.20. The Kier molecular flexibility index (Phi) is 5.79. The van der Waals surface area contributed by atoms with Gasteiger partial charge in [-0.25, -0.2) is 4.39 Å². The van der Waals surface area contributed by atoms with Crippen molar-refractivity contribution in [1.29, 1.82) is 0 Å². The lowest BCUT2D eigenvalue weighted by Gasteiger charge is -2.26. The second-order valence-corrected chi connectivity index (χ2v) is 6.31. The Morgan fingerprint density at radius 2 is 1.83 bits per heavy atom. The highest BCUT2D eigenvalue weighted by Crippen LogP contribution is 2.21. The first kappa shape index (κ1) is 17.8. The number of rotatable bonds is 5. The van der Waals surface area contributed by atoms with E-state index in [4.69, 9.17) is 0 Å². The van der Waals surface area contributed by atoms with Crippen LogP contribution in [-0.4, -0.2) is 24.7 Å². The molecule has 0 bridgehead atoms. The molecule has 0 aliphatic heterocycles. The zero-order valence-electron chi connectivity index (χ0n) is 14.3. The highest BCUT2D eigenvalue weighted by molar-refractivity contribution is 5.79. The first-order valence-electron chi connectivity index (χ1n) is 7.90. The Bertz CT molecular complexity index is 699. The minimum absolute atomic E-state index is 0.0521. The minimum atomic E-state index is -0.623. The molecule has 3 N–H and O–H groups in total. The Balaban J connectivity index is 1.91. The average Bonchev–Trinajstić information content (AvgIpc) is 2.59. The molecule has 2 aromatic rings. The maximum atomic E-state index is 13.4. The monoisotopic (exact) mass is 329 g/mol. The lowest BCUT2D eigenvalue weighted by Crippen LogP contribution is -2.43. The molecule has 0 aliphatic carbocycles. The van der Waals surface area contributed by atoms with E-state index in [-0.39, 0.29) is 11.2 Å². The van der Waals surface area contributed by atoms with Gasteiger partial charge in [0.25, 0.3) is 0 Å². The van der Waals surface area contributed by atoms with Gasteiger partial charge in [-0.1, -0.05) is 50.2 Å². The molecular formula is C19H24FN3O. The normalized spacial score (nSPS) is 12.1. The van der Waals surface area contributed by atoms with Crippen molar-refractivity contribution in [3.63, 3.8) is 0 Å². The molecule has 2 aromatic carbocycles. The number of phenols is 1. The number of hydrogen-bond donors (Lipinski definition) is 3. The Morgan fingerprint density at radius 3 is 2.46 bits per heavy atom. The molecule has 128 valence electrons. The van der Waals surface area contributed by atoms with E-state index >= 15 is 0 Å². The second kappa shape index (κ2) is 7.81. The van der Waals surface area contributed by atoms with Crippen LogP contribution >= 0.6 is 0 Å². The molecule has 0 radical (unpaired) electrons. The quantitative estimate of drug-likeness (QED) is 0.583. The summed E-state index contributed by atoms with van der Waals surface area (Å²) in [4.78, 5) is 4.19. The van der Waals surface area contributed by atoms with E-state index in [1.807, 2.05) is 18.2 Å². The van der Waals surface area contributed by atoms with E-state index in [1.165, 1.54) is 17.7 Å². The van der Waals surface area contributed by atoms with Crippen molar-refractivity contribution in [2.24, 2.45) is 4.99 Å². The third-order valence-corrected chi connectivity index (χ3v) is 3.95. The van der Waals surface area contributed by atoms with Crippen LogP contribution in [0.15, 0.2) is 53.5 Å². The van der Waals surface area contributed by atoms with Crippen LogP contribution in [0.3, 0.4) is 0 Å². The molecule has 0 heterocycles. The molecule has 4 nitrogen and oxygen atoms in total. The zero-order chi connectivity index (χ0) is 17.6. The van der Waals surface area contributed by atoms with Crippen LogP contribution in [-0.2, 0) is 12.0 Å². The predicted molar refractivity (Wildman–Crippen MR) is 95.7 cm³/mol. The third-order valence-electron chi connectivity index (χ3n) is 3.95. The van der Waals surface area contributed by atoms with Gasteiger partial charge in [0.05, 0.1) is 0 Å². The molecule has 0 aliphatic rings. The van der Waals surface area contributed by atoms with Gasteiger partial charge in [-0.3, -0.25) is 4.99 Å². The molecular weight excluding hydrogens is 305 g/mol. The van der Waals surface area contributed by atoms with Gasteiger partial charge >= 0.3 is 0 Å². The van der Waals surface area contributed by atoms with Crippen molar-refractivity contribution < 1.29 is 9.50 Å². The van der Waals surface area contributed by atoms with Crippen molar-refractivity contribution in [2.75, 3.05) is 13.6 Å². The van der Waals surface area contributed by atoms with Crippen LogP contribution in [0, 0.1) is 5.82 Å². The maximum absolute atomic E-state index is 13.4. The number of benzene rings is 2. The van der Waals surface area contributed by atoms with Gasteiger partial charge in [0.15, 0.2) is 17.5 Å². The molecule has 5 heteroatoms. The fraction of sp³-hybridized carbons (Fsp3) is 0.316. The molecule has 0 aromatic heterocycles. The van der Waals surface area contributed by atoms with Gasteiger partial charge in [-0.05, 0) is 23.3 Å². The van der Waals surface area contributed by atoms with Crippen LogP contribution < -0.4 is 10.6 Å². The zero-order valence-corrected chi connectivity index (χ0v) is 14.3. The summed E-state index contributed by atoms with van der Waals surface area (Å²) in [5.74, 6) is -0.319. The van der Waals surface area contributed by atoms with E-state index in [9.17, 15) is 9.50 Å². The molecule has 0 saturated heterocycles. The van der Waals surface area contributed by atoms with E-state index in [0.717, 1.165) is 5.56 Å². The van der Waals surface area contributed by atoms with Crippen LogP contribution in [0.25, 0.3) is 0 Å². The van der Waals surface area contributed by atoms with Gasteiger partial charge in [0.1, 0.15) is 0 Å². The summed E-state index contributed by atoms with van der Waals surface area (Å²) in [6.07, 6.45) is 0. The Hall–Kier alpha value is -2.56. The van der Waals surface area contributed by atoms with Gasteiger partial charge in [0.2, 0.25) is 0 Å². The van der Waals surface area contributed by atoms with Crippen LogP contribution in [0.1, 0.15) is 25.0 Å². The molecule has 0 saturated carbocycles. The van der Waals surface area contributed by atoms with E-state index in [1.54, 1.807) is 13.1 Å². The Labute approximate surface area is 142 Å². The summed E-state index contributed by atoms with van der Waals surface area (Å²) in [6.45, 7) is 5.46. The number of phenolic OH excluding ortho intramolecular Hbond substituents is 1. The Morgan fingerprint density at radius 1 is 1.12 bits per heavy atom. The van der Waals surface area contributed by atoms with E-state index in [0.29, 0.717) is 19.0 Å². The van der Waals surface area contributed by atoms with E-state index in [2.05, 4.69) is 41.6 Å². The second-order valence-electron chi connectivity index (χ2n) is 6.31. The fourth-order valence-electron chi connectivity index (χ4n) is 2.36. The smallest absolute Gasteiger partial charge is 0.191 e. The van der Waals surface area contributed by atoms with Crippen molar-refractivity contribution >= 4 is 5.96 Å². The van der Waals surface area contributed by atoms with Crippen molar-refractivity contribution in [2.45, 2.75) is 25.8 Å². The number of halogens is 1. The third kappa shape index (κ3) is 4.72. The number of aromatic hydroxyl groups is 1. The topological polar surface area (TPSA) is 56.7 Å². The number of aliphatic imine (C=N–C) groups is 1. The maximum Gasteiger partial charge on any atom is 0.191 e. The molecule has 0 amide bonds. The summed E-state index contributed by atoms with van der Waals surface area (Å²) in [5, 5.41) is 15.7. The van der Waals surface area contributed by atoms with Crippen LogP contribution in [0.4, 0.5) is 4.39 Å². The summed E-state index contributed by atoms with van der Waals surface area (Å²) in [6, 6.07) is 14.6. The molecule has 0 unspecified atom stereocenters. The molecule has 0 fully saturated rings. The van der Waals surface area contributed by atoms with Gasteiger partial charge < -0.3 is 15.7 Å². The van der Waals surface area contributed by atoms with E-state index < -0.39 is 5.82 Å².